The number of aromatic carboxylic acids is 1. The molecule has 1 aliphatic carbocycles. The fourth-order valence-electron chi connectivity index (χ4n) is 1.65. The molecule has 1 saturated carbocycles. The number of nitro benzene ring substituents is 1. The van der Waals surface area contributed by atoms with Crippen molar-refractivity contribution in [2.45, 2.75) is 18.9 Å². The minimum absolute atomic E-state index is 0.162. The van der Waals surface area contributed by atoms with Gasteiger partial charge in [-0.25, -0.2) is 4.79 Å². The fourth-order valence-corrected chi connectivity index (χ4v) is 1.65. The third-order valence-electron chi connectivity index (χ3n) is 2.72. The van der Waals surface area contributed by atoms with E-state index in [4.69, 9.17) is 9.84 Å². The van der Waals surface area contributed by atoms with Crippen LogP contribution in [-0.2, 0) is 4.79 Å². The molecule has 1 fully saturated rings. The van der Waals surface area contributed by atoms with E-state index >= 15 is 0 Å². The van der Waals surface area contributed by atoms with Crippen molar-refractivity contribution in [1.29, 1.82) is 0 Å². The Morgan fingerprint density at radius 1 is 1.45 bits per heavy atom. The molecule has 0 radical (unpaired) electrons. The quantitative estimate of drug-likeness (QED) is 0.591. The minimum atomic E-state index is -1.48. The standard InChI is InChI=1S/C12H12N2O6/c15-10(13-7-4-5-7)6-20-9-3-1-2-8(14(18)19)11(9)12(16)17/h1-3,7H,4-6H2,(H,13,15)(H,16,17). The van der Waals surface area contributed by atoms with Crippen molar-refractivity contribution in [2.24, 2.45) is 0 Å². The van der Waals surface area contributed by atoms with Crippen LogP contribution in [0.1, 0.15) is 23.2 Å². The second-order valence-electron chi connectivity index (χ2n) is 4.34. The van der Waals surface area contributed by atoms with Crippen molar-refractivity contribution < 1.29 is 24.4 Å². The second-order valence-corrected chi connectivity index (χ2v) is 4.34. The average Bonchev–Trinajstić information content (AvgIpc) is 3.19. The van der Waals surface area contributed by atoms with Crippen molar-refractivity contribution in [3.8, 4) is 5.75 Å². The predicted octanol–water partition coefficient (Wildman–Crippen LogP) is 0.950. The van der Waals surface area contributed by atoms with Crippen LogP contribution in [-0.4, -0.2) is 34.6 Å². The molecule has 20 heavy (non-hydrogen) atoms. The van der Waals surface area contributed by atoms with E-state index in [-0.39, 0.29) is 24.3 Å². The lowest BCUT2D eigenvalue weighted by molar-refractivity contribution is -0.385. The van der Waals surface area contributed by atoms with Gasteiger partial charge in [0.2, 0.25) is 0 Å². The molecule has 1 amide bonds. The van der Waals surface area contributed by atoms with Crippen LogP contribution in [0.25, 0.3) is 0 Å². The highest BCUT2D eigenvalue weighted by Crippen LogP contribution is 2.28. The lowest BCUT2D eigenvalue weighted by Gasteiger charge is -2.09. The Bertz CT molecular complexity index is 567. The maximum atomic E-state index is 11.4. The van der Waals surface area contributed by atoms with E-state index in [9.17, 15) is 19.7 Å². The number of nitrogens with zero attached hydrogens (tertiary/aromatic N) is 1. The number of carbonyl (C=O) groups is 2. The van der Waals surface area contributed by atoms with Gasteiger partial charge in [-0.2, -0.15) is 0 Å². The van der Waals surface area contributed by atoms with Gasteiger partial charge in [-0.1, -0.05) is 6.07 Å². The van der Waals surface area contributed by atoms with Crippen molar-refractivity contribution >= 4 is 17.6 Å². The van der Waals surface area contributed by atoms with Gasteiger partial charge in [-0.3, -0.25) is 14.9 Å². The van der Waals surface area contributed by atoms with Crippen LogP contribution in [0, 0.1) is 10.1 Å². The lowest BCUT2D eigenvalue weighted by Crippen LogP contribution is -2.30. The molecule has 0 unspecified atom stereocenters. The molecule has 0 bridgehead atoms. The summed E-state index contributed by atoms with van der Waals surface area (Å²) in [6.07, 6.45) is 1.84. The van der Waals surface area contributed by atoms with Gasteiger partial charge in [-0.05, 0) is 18.9 Å². The van der Waals surface area contributed by atoms with Gasteiger partial charge >= 0.3 is 5.97 Å². The summed E-state index contributed by atoms with van der Waals surface area (Å²) >= 11 is 0. The number of nitro groups is 1. The van der Waals surface area contributed by atoms with Gasteiger partial charge in [0, 0.05) is 12.1 Å². The Kier molecular flexibility index (Phi) is 3.83. The van der Waals surface area contributed by atoms with Crippen LogP contribution in [0.5, 0.6) is 5.75 Å². The zero-order valence-corrected chi connectivity index (χ0v) is 10.4. The van der Waals surface area contributed by atoms with Crippen LogP contribution in [0.15, 0.2) is 18.2 Å². The highest BCUT2D eigenvalue weighted by atomic mass is 16.6. The first-order chi connectivity index (χ1) is 9.49. The molecule has 0 spiro atoms. The van der Waals surface area contributed by atoms with Crippen molar-refractivity contribution in [2.75, 3.05) is 6.61 Å². The van der Waals surface area contributed by atoms with Crippen LogP contribution < -0.4 is 10.1 Å². The van der Waals surface area contributed by atoms with E-state index in [1.165, 1.54) is 12.1 Å². The molecule has 0 atom stereocenters. The molecule has 0 heterocycles. The molecule has 0 aliphatic heterocycles. The molecule has 0 saturated heterocycles. The highest BCUT2D eigenvalue weighted by Gasteiger charge is 2.26. The van der Waals surface area contributed by atoms with Gasteiger partial charge in [0.25, 0.3) is 11.6 Å². The Morgan fingerprint density at radius 3 is 2.70 bits per heavy atom. The van der Waals surface area contributed by atoms with E-state index in [1.807, 2.05) is 0 Å². The summed E-state index contributed by atoms with van der Waals surface area (Å²) in [5, 5.41) is 22.5. The smallest absolute Gasteiger partial charge is 0.346 e. The first-order valence-corrected chi connectivity index (χ1v) is 5.92. The van der Waals surface area contributed by atoms with E-state index in [0.717, 1.165) is 18.9 Å². The van der Waals surface area contributed by atoms with Crippen LogP contribution in [0.2, 0.25) is 0 Å². The van der Waals surface area contributed by atoms with Crippen LogP contribution >= 0.6 is 0 Å². The molecule has 1 aliphatic rings. The summed E-state index contributed by atoms with van der Waals surface area (Å²) in [7, 11) is 0. The van der Waals surface area contributed by atoms with E-state index in [2.05, 4.69) is 5.32 Å². The van der Waals surface area contributed by atoms with Gasteiger partial charge in [0.05, 0.1) is 4.92 Å². The number of rotatable bonds is 6. The minimum Gasteiger partial charge on any atom is -0.483 e. The van der Waals surface area contributed by atoms with E-state index < -0.39 is 22.1 Å². The third-order valence-corrected chi connectivity index (χ3v) is 2.72. The SMILES string of the molecule is O=C(COc1cccc([N+](=O)[O-])c1C(=O)O)NC1CC1. The van der Waals surface area contributed by atoms with Gasteiger partial charge in [0.15, 0.2) is 12.2 Å². The van der Waals surface area contributed by atoms with Crippen molar-refractivity contribution in [3.63, 3.8) is 0 Å². The van der Waals surface area contributed by atoms with Crippen LogP contribution in [0.4, 0.5) is 5.69 Å². The van der Waals surface area contributed by atoms with Gasteiger partial charge in [0.1, 0.15) is 5.75 Å². The number of carboxylic acid groups (broad SMARTS) is 1. The van der Waals surface area contributed by atoms with Crippen molar-refractivity contribution in [1.82, 2.24) is 5.32 Å². The average molecular weight is 280 g/mol. The number of carbonyl (C=O) groups excluding carboxylic acids is 1. The first kappa shape index (κ1) is 13.8. The summed E-state index contributed by atoms with van der Waals surface area (Å²) in [6.45, 7) is -0.377. The largest absolute Gasteiger partial charge is 0.483 e. The Hall–Kier alpha value is -2.64. The summed E-state index contributed by atoms with van der Waals surface area (Å²) in [5.41, 5.74) is -1.13. The molecule has 8 heteroatoms. The highest BCUT2D eigenvalue weighted by molar-refractivity contribution is 5.95. The Balaban J connectivity index is 2.13. The van der Waals surface area contributed by atoms with E-state index in [1.54, 1.807) is 0 Å². The number of nitrogens with one attached hydrogen (secondary N) is 1. The second kappa shape index (κ2) is 5.55. The number of hydrogen-bond acceptors (Lipinski definition) is 5. The van der Waals surface area contributed by atoms with Gasteiger partial charge < -0.3 is 15.2 Å². The third kappa shape index (κ3) is 3.22. The number of amides is 1. The summed E-state index contributed by atoms with van der Waals surface area (Å²) in [4.78, 5) is 32.5. The van der Waals surface area contributed by atoms with E-state index in [0.29, 0.717) is 0 Å². The summed E-state index contributed by atoms with van der Waals surface area (Å²) in [6, 6.07) is 3.82. The Labute approximate surface area is 113 Å². The maximum absolute atomic E-state index is 11.4. The molecule has 0 aromatic heterocycles. The molecular weight excluding hydrogens is 268 g/mol. The topological polar surface area (TPSA) is 119 Å². The molecule has 2 rings (SSSR count). The number of carboxylic acids is 1. The molecule has 8 nitrogen and oxygen atoms in total. The monoisotopic (exact) mass is 280 g/mol. The molecule has 106 valence electrons. The van der Waals surface area contributed by atoms with Gasteiger partial charge in [-0.15, -0.1) is 0 Å². The van der Waals surface area contributed by atoms with Crippen LogP contribution in [0.3, 0.4) is 0 Å². The molecular formula is C12H12N2O6. The Morgan fingerprint density at radius 2 is 2.15 bits per heavy atom. The first-order valence-electron chi connectivity index (χ1n) is 5.92. The molecule has 1 aromatic rings. The molecule has 1 aromatic carbocycles. The summed E-state index contributed by atoms with van der Waals surface area (Å²) < 4.78 is 5.08. The van der Waals surface area contributed by atoms with Crippen molar-refractivity contribution in [3.05, 3.63) is 33.9 Å². The lowest BCUT2D eigenvalue weighted by atomic mass is 10.1. The predicted molar refractivity (Wildman–Crippen MR) is 66.7 cm³/mol. The zero-order valence-electron chi connectivity index (χ0n) is 10.4. The summed E-state index contributed by atoms with van der Waals surface area (Å²) in [5.74, 6) is -2.05. The normalized spacial score (nSPS) is 13.6. The zero-order chi connectivity index (χ0) is 14.7. The fraction of sp³-hybridized carbons (Fsp3) is 0.333. The number of ether oxygens (including phenoxy) is 1. The number of benzene rings is 1. The maximum Gasteiger partial charge on any atom is 0.346 e. The molecule has 2 N–H and O–H groups in total. The number of hydrogen-bond donors (Lipinski definition) is 2.